The van der Waals surface area contributed by atoms with E-state index in [1.807, 2.05) is 4.90 Å². The largest absolute Gasteiger partial charge is 0.416 e. The minimum atomic E-state index is -4.32. The molecule has 0 radical (unpaired) electrons. The molecule has 1 heterocycles. The Labute approximate surface area is 140 Å². The van der Waals surface area contributed by atoms with Gasteiger partial charge in [-0.3, -0.25) is 4.79 Å². The maximum absolute atomic E-state index is 13.1. The Bertz CT molecular complexity index is 611. The third-order valence-corrected chi connectivity index (χ3v) is 5.17. The lowest BCUT2D eigenvalue weighted by molar-refractivity contribution is -0.138. The standard InChI is InChI=1S/C18H23F3N2O/c19-18(20,21)15-6-2-1-5-14(15)8-7-13-4-3-11-23(12-13)16(24)17(22)9-10-17/h1-2,5-6,13H,3-4,7-12,22H2. The van der Waals surface area contributed by atoms with E-state index in [2.05, 4.69) is 0 Å². The monoisotopic (exact) mass is 340 g/mol. The lowest BCUT2D eigenvalue weighted by atomic mass is 9.90. The molecule has 1 aromatic carbocycles. The zero-order valence-electron chi connectivity index (χ0n) is 13.6. The molecule has 1 aliphatic carbocycles. The minimum Gasteiger partial charge on any atom is -0.341 e. The molecule has 1 unspecified atom stereocenters. The summed E-state index contributed by atoms with van der Waals surface area (Å²) in [6.45, 7) is 1.33. The minimum absolute atomic E-state index is 0.0166. The molecule has 2 fully saturated rings. The van der Waals surface area contributed by atoms with Gasteiger partial charge in [0.25, 0.3) is 0 Å². The van der Waals surface area contributed by atoms with Crippen LogP contribution in [-0.4, -0.2) is 29.4 Å². The van der Waals surface area contributed by atoms with Crippen LogP contribution < -0.4 is 5.73 Å². The molecule has 2 N–H and O–H groups in total. The summed E-state index contributed by atoms with van der Waals surface area (Å²) in [4.78, 5) is 14.2. The molecule has 6 heteroatoms. The number of hydrogen-bond donors (Lipinski definition) is 1. The van der Waals surface area contributed by atoms with Crippen molar-refractivity contribution < 1.29 is 18.0 Å². The number of nitrogens with zero attached hydrogens (tertiary/aromatic N) is 1. The number of benzene rings is 1. The molecule has 1 saturated carbocycles. The fourth-order valence-electron chi connectivity index (χ4n) is 3.52. The lowest BCUT2D eigenvalue weighted by Crippen LogP contribution is -2.49. The van der Waals surface area contributed by atoms with Crippen LogP contribution in [0.2, 0.25) is 0 Å². The summed E-state index contributed by atoms with van der Waals surface area (Å²) < 4.78 is 39.2. The van der Waals surface area contributed by atoms with Gasteiger partial charge in [-0.05, 0) is 56.1 Å². The molecule has 2 aliphatic rings. The van der Waals surface area contributed by atoms with Crippen LogP contribution in [0.25, 0.3) is 0 Å². The number of alkyl halides is 3. The summed E-state index contributed by atoms with van der Waals surface area (Å²) in [5.41, 5.74) is 5.11. The Morgan fingerprint density at radius 2 is 2.00 bits per heavy atom. The van der Waals surface area contributed by atoms with Gasteiger partial charge in [-0.15, -0.1) is 0 Å². The number of rotatable bonds is 4. The van der Waals surface area contributed by atoms with E-state index in [0.717, 1.165) is 31.7 Å². The molecule has 0 spiro atoms. The molecular formula is C18H23F3N2O. The van der Waals surface area contributed by atoms with Gasteiger partial charge in [-0.2, -0.15) is 13.2 Å². The molecular weight excluding hydrogens is 317 g/mol. The fraction of sp³-hybridized carbons (Fsp3) is 0.611. The van der Waals surface area contributed by atoms with E-state index < -0.39 is 17.3 Å². The highest BCUT2D eigenvalue weighted by Gasteiger charge is 2.48. The van der Waals surface area contributed by atoms with Crippen molar-refractivity contribution in [3.05, 3.63) is 35.4 Å². The van der Waals surface area contributed by atoms with E-state index in [0.29, 0.717) is 31.5 Å². The maximum atomic E-state index is 13.1. The highest BCUT2D eigenvalue weighted by atomic mass is 19.4. The van der Waals surface area contributed by atoms with Gasteiger partial charge in [-0.1, -0.05) is 18.2 Å². The van der Waals surface area contributed by atoms with Gasteiger partial charge in [0.15, 0.2) is 0 Å². The summed E-state index contributed by atoms with van der Waals surface area (Å²) in [7, 11) is 0. The van der Waals surface area contributed by atoms with Crippen molar-refractivity contribution in [3.63, 3.8) is 0 Å². The number of likely N-dealkylation sites (tertiary alicyclic amines) is 1. The predicted octanol–water partition coefficient (Wildman–Crippen LogP) is 3.37. The summed E-state index contributed by atoms with van der Waals surface area (Å²) in [5, 5.41) is 0. The zero-order chi connectivity index (χ0) is 17.4. The fourth-order valence-corrected chi connectivity index (χ4v) is 3.52. The first kappa shape index (κ1) is 17.3. The molecule has 1 aliphatic heterocycles. The molecule has 132 valence electrons. The first-order chi connectivity index (χ1) is 11.3. The number of amides is 1. The lowest BCUT2D eigenvalue weighted by Gasteiger charge is -2.34. The summed E-state index contributed by atoms with van der Waals surface area (Å²) in [6.07, 6.45) is 0.0640. The second-order valence-electron chi connectivity index (χ2n) is 7.11. The molecule has 1 aromatic rings. The zero-order valence-corrected chi connectivity index (χ0v) is 13.6. The van der Waals surface area contributed by atoms with E-state index in [1.165, 1.54) is 6.07 Å². The van der Waals surface area contributed by atoms with Gasteiger partial charge < -0.3 is 10.6 Å². The van der Waals surface area contributed by atoms with Crippen LogP contribution in [0, 0.1) is 5.92 Å². The third-order valence-electron chi connectivity index (χ3n) is 5.17. The Morgan fingerprint density at radius 3 is 2.67 bits per heavy atom. The molecule has 1 saturated heterocycles. The predicted molar refractivity (Wildman–Crippen MR) is 85.2 cm³/mol. The first-order valence-electron chi connectivity index (χ1n) is 8.53. The average molecular weight is 340 g/mol. The van der Waals surface area contributed by atoms with E-state index in [4.69, 9.17) is 5.73 Å². The molecule has 1 atom stereocenters. The van der Waals surface area contributed by atoms with Gasteiger partial charge in [0.1, 0.15) is 0 Å². The molecule has 0 aromatic heterocycles. The van der Waals surface area contributed by atoms with E-state index in [-0.39, 0.29) is 11.8 Å². The number of hydrogen-bond acceptors (Lipinski definition) is 2. The Balaban J connectivity index is 1.60. The second-order valence-corrected chi connectivity index (χ2v) is 7.11. The van der Waals surface area contributed by atoms with Gasteiger partial charge in [-0.25, -0.2) is 0 Å². The first-order valence-corrected chi connectivity index (χ1v) is 8.53. The average Bonchev–Trinajstić information content (AvgIpc) is 3.31. The van der Waals surface area contributed by atoms with Crippen molar-refractivity contribution in [1.29, 1.82) is 0 Å². The highest BCUT2D eigenvalue weighted by Crippen LogP contribution is 2.36. The van der Waals surface area contributed by atoms with Gasteiger partial charge in [0.05, 0.1) is 11.1 Å². The van der Waals surface area contributed by atoms with Crippen LogP contribution in [0.1, 0.15) is 43.2 Å². The number of aryl methyl sites for hydroxylation is 1. The Morgan fingerprint density at radius 1 is 1.29 bits per heavy atom. The van der Waals surface area contributed by atoms with Crippen molar-refractivity contribution in [2.45, 2.75) is 50.2 Å². The van der Waals surface area contributed by atoms with Gasteiger partial charge in [0.2, 0.25) is 5.91 Å². The topological polar surface area (TPSA) is 46.3 Å². The molecule has 3 nitrogen and oxygen atoms in total. The smallest absolute Gasteiger partial charge is 0.341 e. The number of carbonyl (C=O) groups is 1. The van der Waals surface area contributed by atoms with Crippen molar-refractivity contribution in [3.8, 4) is 0 Å². The molecule has 24 heavy (non-hydrogen) atoms. The van der Waals surface area contributed by atoms with Crippen LogP contribution in [-0.2, 0) is 17.4 Å². The normalized spacial score (nSPS) is 23.2. The van der Waals surface area contributed by atoms with Crippen molar-refractivity contribution in [2.24, 2.45) is 11.7 Å². The Kier molecular flexibility index (Phi) is 4.60. The molecule has 3 rings (SSSR count). The van der Waals surface area contributed by atoms with Crippen LogP contribution in [0.5, 0.6) is 0 Å². The van der Waals surface area contributed by atoms with E-state index >= 15 is 0 Å². The van der Waals surface area contributed by atoms with Crippen molar-refractivity contribution in [2.75, 3.05) is 13.1 Å². The molecule has 0 bridgehead atoms. The molecule has 1 amide bonds. The highest BCUT2D eigenvalue weighted by molar-refractivity contribution is 5.89. The van der Waals surface area contributed by atoms with E-state index in [1.54, 1.807) is 12.1 Å². The summed E-state index contributed by atoms with van der Waals surface area (Å²) in [5.74, 6) is 0.259. The number of halogens is 3. The quantitative estimate of drug-likeness (QED) is 0.913. The number of nitrogens with two attached hydrogens (primary N) is 1. The second kappa shape index (κ2) is 6.39. The van der Waals surface area contributed by atoms with Crippen molar-refractivity contribution >= 4 is 5.91 Å². The van der Waals surface area contributed by atoms with Gasteiger partial charge >= 0.3 is 6.18 Å². The van der Waals surface area contributed by atoms with E-state index in [9.17, 15) is 18.0 Å². The summed E-state index contributed by atoms with van der Waals surface area (Å²) >= 11 is 0. The van der Waals surface area contributed by atoms with Crippen LogP contribution >= 0.6 is 0 Å². The third kappa shape index (κ3) is 3.74. The number of piperidine rings is 1. The van der Waals surface area contributed by atoms with Crippen LogP contribution in [0.3, 0.4) is 0 Å². The number of carbonyl (C=O) groups excluding carboxylic acids is 1. The maximum Gasteiger partial charge on any atom is 0.416 e. The van der Waals surface area contributed by atoms with Crippen LogP contribution in [0.15, 0.2) is 24.3 Å². The van der Waals surface area contributed by atoms with Crippen LogP contribution in [0.4, 0.5) is 13.2 Å². The summed E-state index contributed by atoms with van der Waals surface area (Å²) in [6, 6.07) is 5.75. The van der Waals surface area contributed by atoms with Gasteiger partial charge in [0, 0.05) is 13.1 Å². The SMILES string of the molecule is NC1(C(=O)N2CCCC(CCc3ccccc3C(F)(F)F)C2)CC1. The Hall–Kier alpha value is -1.56. The van der Waals surface area contributed by atoms with Crippen molar-refractivity contribution in [1.82, 2.24) is 4.90 Å².